The summed E-state index contributed by atoms with van der Waals surface area (Å²) in [6, 6.07) is 0. The van der Waals surface area contributed by atoms with Crippen LogP contribution in [0, 0.1) is 52.8 Å². The molecule has 8 atom stereocenters. The minimum Gasteiger partial charge on any atom is -0.481 e. The molecule has 3 saturated carbocycles. The zero-order chi connectivity index (χ0) is 23.6. The lowest BCUT2D eigenvalue weighted by atomic mass is 9.51. The molecule has 0 heterocycles. The molecule has 0 aromatic heterocycles. The number of carboxylic acid groups (broad SMARTS) is 1. The van der Waals surface area contributed by atoms with E-state index >= 15 is 0 Å². The van der Waals surface area contributed by atoms with Crippen molar-refractivity contribution in [1.29, 1.82) is 0 Å². The van der Waals surface area contributed by atoms with E-state index in [1.807, 2.05) is 0 Å². The van der Waals surface area contributed by atoms with Gasteiger partial charge in [-0.25, -0.2) is 0 Å². The van der Waals surface area contributed by atoms with E-state index in [-0.39, 0.29) is 18.3 Å². The monoisotopic (exact) mass is 444 g/mol. The Balaban J connectivity index is 1.84. The van der Waals surface area contributed by atoms with Gasteiger partial charge in [-0.05, 0) is 91.8 Å². The fourth-order valence-corrected chi connectivity index (χ4v) is 8.41. The molecule has 3 rings (SSSR count). The number of fused-ring (bicyclic) bond motifs is 3. The average molecular weight is 445 g/mol. The number of ketones is 1. The molecular weight excluding hydrogens is 396 g/mol. The highest BCUT2D eigenvalue weighted by atomic mass is 16.4. The molecule has 0 aromatic carbocycles. The molecule has 0 saturated heterocycles. The standard InChI is InChI=1S/C29H48O3/c1-18(2)8-7-9-20(5)25-11-12-26-28-23(14-15-29(25,26)6)21(10-13-27(31)32)16-22(30)17-24(28)19(3)4/h18,20-21,23-26,28H,3,7-17H2,1-2,4-6H3,(H,31,32)/t20?,21-,23?,24-,25?,26?,28?,29-/m1/s1. The second kappa shape index (κ2) is 10.4. The van der Waals surface area contributed by atoms with E-state index in [1.165, 1.54) is 44.1 Å². The molecule has 3 aliphatic carbocycles. The van der Waals surface area contributed by atoms with E-state index in [4.69, 9.17) is 0 Å². The molecule has 3 fully saturated rings. The fraction of sp³-hybridized carbons (Fsp3) is 0.862. The molecule has 182 valence electrons. The van der Waals surface area contributed by atoms with Crippen LogP contribution in [0.4, 0.5) is 0 Å². The molecule has 5 unspecified atom stereocenters. The van der Waals surface area contributed by atoms with Gasteiger partial charge in [0.05, 0.1) is 0 Å². The fourth-order valence-electron chi connectivity index (χ4n) is 8.41. The molecular formula is C29H48O3. The molecule has 3 nitrogen and oxygen atoms in total. The zero-order valence-electron chi connectivity index (χ0n) is 21.4. The van der Waals surface area contributed by atoms with Crippen LogP contribution in [-0.2, 0) is 9.59 Å². The number of carbonyl (C=O) groups excluding carboxylic acids is 1. The summed E-state index contributed by atoms with van der Waals surface area (Å²) in [4.78, 5) is 24.2. The highest BCUT2D eigenvalue weighted by Gasteiger charge is 2.58. The third-order valence-electron chi connectivity index (χ3n) is 9.96. The Kier molecular flexibility index (Phi) is 8.31. The highest BCUT2D eigenvalue weighted by Crippen LogP contribution is 2.65. The second-order valence-electron chi connectivity index (χ2n) is 12.5. The lowest BCUT2D eigenvalue weighted by Gasteiger charge is -2.53. The summed E-state index contributed by atoms with van der Waals surface area (Å²) in [7, 11) is 0. The van der Waals surface area contributed by atoms with Crippen LogP contribution in [0.5, 0.6) is 0 Å². The lowest BCUT2D eigenvalue weighted by Crippen LogP contribution is -2.46. The van der Waals surface area contributed by atoms with Crippen molar-refractivity contribution >= 4 is 11.8 Å². The maximum atomic E-state index is 12.9. The van der Waals surface area contributed by atoms with Gasteiger partial charge in [-0.15, -0.1) is 0 Å². The molecule has 0 aliphatic heterocycles. The van der Waals surface area contributed by atoms with E-state index in [2.05, 4.69) is 41.2 Å². The Bertz CT molecular complexity index is 695. The first-order valence-electron chi connectivity index (χ1n) is 13.4. The smallest absolute Gasteiger partial charge is 0.303 e. The van der Waals surface area contributed by atoms with Gasteiger partial charge in [0, 0.05) is 19.3 Å². The summed E-state index contributed by atoms with van der Waals surface area (Å²) in [5.74, 6) is 4.09. The predicted octanol–water partition coefficient (Wildman–Crippen LogP) is 7.54. The van der Waals surface area contributed by atoms with Crippen molar-refractivity contribution in [2.24, 2.45) is 52.8 Å². The third kappa shape index (κ3) is 5.33. The maximum absolute atomic E-state index is 12.9. The maximum Gasteiger partial charge on any atom is 0.303 e. The number of allylic oxidation sites excluding steroid dienone is 1. The van der Waals surface area contributed by atoms with Crippen LogP contribution < -0.4 is 0 Å². The van der Waals surface area contributed by atoms with Crippen LogP contribution in [0.1, 0.15) is 105 Å². The molecule has 3 heteroatoms. The summed E-state index contributed by atoms with van der Waals surface area (Å²) in [5.41, 5.74) is 1.53. The van der Waals surface area contributed by atoms with E-state index < -0.39 is 5.97 Å². The number of Topliss-reactive ketones (excluding diaryl/α,β-unsaturated/α-hetero) is 1. The molecule has 1 N–H and O–H groups in total. The van der Waals surface area contributed by atoms with Crippen molar-refractivity contribution in [1.82, 2.24) is 0 Å². The lowest BCUT2D eigenvalue weighted by molar-refractivity contribution is -0.137. The van der Waals surface area contributed by atoms with Crippen LogP contribution in [0.3, 0.4) is 0 Å². The SMILES string of the molecule is C=C(C)[C@H]1CC(=O)C[C@@H](CCC(=O)O)C2CC[C@]3(C)C(C(C)CCCC(C)C)CCC3C21. The molecule has 0 bridgehead atoms. The molecule has 3 aliphatic rings. The molecule has 32 heavy (non-hydrogen) atoms. The van der Waals surface area contributed by atoms with Gasteiger partial charge in [0.25, 0.3) is 0 Å². The topological polar surface area (TPSA) is 54.4 Å². The van der Waals surface area contributed by atoms with Gasteiger partial charge < -0.3 is 5.11 Å². The molecule has 0 spiro atoms. The highest BCUT2D eigenvalue weighted by molar-refractivity contribution is 5.79. The van der Waals surface area contributed by atoms with Crippen LogP contribution >= 0.6 is 0 Å². The normalized spacial score (nSPS) is 38.1. The number of carbonyl (C=O) groups is 2. The van der Waals surface area contributed by atoms with Crippen molar-refractivity contribution < 1.29 is 14.7 Å². The largest absolute Gasteiger partial charge is 0.481 e. The van der Waals surface area contributed by atoms with Crippen LogP contribution in [0.25, 0.3) is 0 Å². The first-order chi connectivity index (χ1) is 15.0. The Hall–Kier alpha value is -1.12. The first-order valence-corrected chi connectivity index (χ1v) is 13.4. The summed E-state index contributed by atoms with van der Waals surface area (Å²) in [5, 5.41) is 9.31. The van der Waals surface area contributed by atoms with Crippen molar-refractivity contribution in [2.45, 2.75) is 105 Å². The number of carboxylic acids is 1. The predicted molar refractivity (Wildman–Crippen MR) is 131 cm³/mol. The number of hydrogen-bond donors (Lipinski definition) is 1. The minimum atomic E-state index is -0.730. The van der Waals surface area contributed by atoms with Crippen molar-refractivity contribution in [3.8, 4) is 0 Å². The number of rotatable bonds is 9. The summed E-state index contributed by atoms with van der Waals surface area (Å²) in [6.07, 6.45) is 11.1. The quantitative estimate of drug-likeness (QED) is 0.374. The van der Waals surface area contributed by atoms with Crippen molar-refractivity contribution in [3.05, 3.63) is 12.2 Å². The second-order valence-corrected chi connectivity index (χ2v) is 12.5. The zero-order valence-corrected chi connectivity index (χ0v) is 21.4. The number of aliphatic carboxylic acids is 1. The van der Waals surface area contributed by atoms with Gasteiger partial charge in [0.15, 0.2) is 0 Å². The van der Waals surface area contributed by atoms with Gasteiger partial charge in [0.2, 0.25) is 0 Å². The van der Waals surface area contributed by atoms with Gasteiger partial charge in [0.1, 0.15) is 5.78 Å². The van der Waals surface area contributed by atoms with Crippen LogP contribution in [0.2, 0.25) is 0 Å². The minimum absolute atomic E-state index is 0.191. The Morgan fingerprint density at radius 1 is 1.16 bits per heavy atom. The van der Waals surface area contributed by atoms with Crippen molar-refractivity contribution in [2.75, 3.05) is 0 Å². The summed E-state index contributed by atoms with van der Waals surface area (Å²) < 4.78 is 0. The van der Waals surface area contributed by atoms with Gasteiger partial charge in [-0.3, -0.25) is 9.59 Å². The first kappa shape index (κ1) is 25.5. The van der Waals surface area contributed by atoms with E-state index in [0.29, 0.717) is 48.2 Å². The van der Waals surface area contributed by atoms with E-state index in [1.54, 1.807) is 0 Å². The summed E-state index contributed by atoms with van der Waals surface area (Å²) >= 11 is 0. The summed E-state index contributed by atoms with van der Waals surface area (Å²) in [6.45, 7) is 16.2. The van der Waals surface area contributed by atoms with Gasteiger partial charge in [-0.2, -0.15) is 0 Å². The molecule has 0 aromatic rings. The Morgan fingerprint density at radius 2 is 1.88 bits per heavy atom. The van der Waals surface area contributed by atoms with Gasteiger partial charge >= 0.3 is 5.97 Å². The molecule has 0 amide bonds. The Labute approximate surface area is 196 Å². The third-order valence-corrected chi connectivity index (χ3v) is 9.96. The van der Waals surface area contributed by atoms with Gasteiger partial charge in [-0.1, -0.05) is 59.1 Å². The van der Waals surface area contributed by atoms with E-state index in [0.717, 1.165) is 24.2 Å². The molecule has 0 radical (unpaired) electrons. The van der Waals surface area contributed by atoms with Crippen LogP contribution in [0.15, 0.2) is 12.2 Å². The van der Waals surface area contributed by atoms with E-state index in [9.17, 15) is 14.7 Å². The average Bonchev–Trinajstić information content (AvgIpc) is 2.97. The van der Waals surface area contributed by atoms with Crippen LogP contribution in [-0.4, -0.2) is 16.9 Å². The number of hydrogen-bond acceptors (Lipinski definition) is 2. The van der Waals surface area contributed by atoms with Crippen molar-refractivity contribution in [3.63, 3.8) is 0 Å². The Morgan fingerprint density at radius 3 is 2.50 bits per heavy atom.